The molecule has 1 atom stereocenters. The first kappa shape index (κ1) is 10.2. The Kier molecular flexibility index (Phi) is 2.49. The quantitative estimate of drug-likeness (QED) is 0.842. The second-order valence-electron chi connectivity index (χ2n) is 4.06. The number of hydrogen-bond donors (Lipinski definition) is 1. The van der Waals surface area contributed by atoms with Gasteiger partial charge in [-0.2, -0.15) is 0 Å². The summed E-state index contributed by atoms with van der Waals surface area (Å²) in [7, 11) is 0. The lowest BCUT2D eigenvalue weighted by Gasteiger charge is -2.09. The van der Waals surface area contributed by atoms with Gasteiger partial charge in [-0.1, -0.05) is 12.1 Å². The Labute approximate surface area is 99.5 Å². The predicted octanol–water partition coefficient (Wildman–Crippen LogP) is 1.41. The molecule has 3 rings (SSSR count). The molecule has 2 heterocycles. The van der Waals surface area contributed by atoms with E-state index in [4.69, 9.17) is 10.5 Å². The van der Waals surface area contributed by atoms with Crippen LogP contribution in [0.25, 0.3) is 11.3 Å². The Morgan fingerprint density at radius 2 is 2.29 bits per heavy atom. The lowest BCUT2D eigenvalue weighted by Crippen LogP contribution is -2.24. The Morgan fingerprint density at radius 1 is 1.35 bits per heavy atom. The zero-order chi connectivity index (χ0) is 11.7. The van der Waals surface area contributed by atoms with E-state index >= 15 is 0 Å². The van der Waals surface area contributed by atoms with Crippen LogP contribution in [0.4, 0.5) is 0 Å². The number of rotatable bonds is 2. The average Bonchev–Trinajstić information content (AvgIpc) is 2.82. The maximum Gasteiger partial charge on any atom is 0.132 e. The highest BCUT2D eigenvalue weighted by atomic mass is 16.5. The van der Waals surface area contributed by atoms with Crippen LogP contribution in [0.15, 0.2) is 36.8 Å². The van der Waals surface area contributed by atoms with Gasteiger partial charge < -0.3 is 10.5 Å². The number of hydrogen-bond acceptors (Lipinski definition) is 4. The van der Waals surface area contributed by atoms with Gasteiger partial charge in [-0.25, -0.2) is 0 Å². The molecule has 0 radical (unpaired) electrons. The molecule has 0 spiro atoms. The molecule has 0 bridgehead atoms. The van der Waals surface area contributed by atoms with E-state index in [0.717, 1.165) is 23.4 Å². The first-order chi connectivity index (χ1) is 8.38. The van der Waals surface area contributed by atoms with Crippen molar-refractivity contribution in [1.82, 2.24) is 9.97 Å². The van der Waals surface area contributed by atoms with Gasteiger partial charge in [-0.05, 0) is 11.6 Å². The number of nitrogens with zero attached hydrogens (tertiary/aromatic N) is 2. The lowest BCUT2D eigenvalue weighted by molar-refractivity contribution is 0.242. The third-order valence-electron chi connectivity index (χ3n) is 2.93. The van der Waals surface area contributed by atoms with E-state index in [1.54, 1.807) is 18.6 Å². The third-order valence-corrected chi connectivity index (χ3v) is 2.93. The topological polar surface area (TPSA) is 61.0 Å². The number of aromatic nitrogens is 2. The first-order valence-corrected chi connectivity index (χ1v) is 5.63. The van der Waals surface area contributed by atoms with E-state index in [-0.39, 0.29) is 6.10 Å². The zero-order valence-electron chi connectivity index (χ0n) is 9.34. The van der Waals surface area contributed by atoms with Crippen molar-refractivity contribution < 1.29 is 4.74 Å². The third kappa shape index (κ3) is 1.76. The van der Waals surface area contributed by atoms with Gasteiger partial charge in [0, 0.05) is 30.9 Å². The number of fused-ring (bicyclic) bond motifs is 1. The van der Waals surface area contributed by atoms with E-state index in [9.17, 15) is 0 Å². The van der Waals surface area contributed by atoms with Crippen LogP contribution in [0.5, 0.6) is 5.75 Å². The largest absolute Gasteiger partial charge is 0.488 e. The second-order valence-corrected chi connectivity index (χ2v) is 4.06. The highest BCUT2D eigenvalue weighted by molar-refractivity contribution is 5.69. The molecule has 1 aliphatic heterocycles. The molecule has 86 valence electrons. The Morgan fingerprint density at radius 3 is 3.06 bits per heavy atom. The van der Waals surface area contributed by atoms with Gasteiger partial charge in [0.05, 0.1) is 11.9 Å². The molecule has 4 nitrogen and oxygen atoms in total. The second kappa shape index (κ2) is 4.14. The van der Waals surface area contributed by atoms with Crippen LogP contribution >= 0.6 is 0 Å². The molecule has 1 aromatic carbocycles. The molecule has 1 aromatic heterocycles. The van der Waals surface area contributed by atoms with Crippen molar-refractivity contribution in [3.8, 4) is 17.0 Å². The maximum atomic E-state index is 5.85. The van der Waals surface area contributed by atoms with Crippen LogP contribution in [-0.2, 0) is 6.42 Å². The van der Waals surface area contributed by atoms with Crippen molar-refractivity contribution in [2.75, 3.05) is 6.54 Å². The summed E-state index contributed by atoms with van der Waals surface area (Å²) in [4.78, 5) is 8.39. The van der Waals surface area contributed by atoms with Gasteiger partial charge in [0.1, 0.15) is 11.9 Å². The number of para-hydroxylation sites is 1. The lowest BCUT2D eigenvalue weighted by atomic mass is 10.0. The summed E-state index contributed by atoms with van der Waals surface area (Å²) < 4.78 is 5.85. The van der Waals surface area contributed by atoms with Crippen LogP contribution in [0, 0.1) is 0 Å². The molecule has 0 saturated carbocycles. The van der Waals surface area contributed by atoms with Gasteiger partial charge in [-0.15, -0.1) is 0 Å². The van der Waals surface area contributed by atoms with Gasteiger partial charge >= 0.3 is 0 Å². The molecule has 2 aromatic rings. The Hall–Kier alpha value is -1.94. The summed E-state index contributed by atoms with van der Waals surface area (Å²) in [5.41, 5.74) is 8.67. The standard InChI is InChI=1S/C13H13N3O/c14-7-10-6-9-2-1-3-11(13(9)17-10)12-8-15-4-5-16-12/h1-5,8,10H,6-7,14H2/t10-/m0/s1. The van der Waals surface area contributed by atoms with Crippen LogP contribution in [0.3, 0.4) is 0 Å². The summed E-state index contributed by atoms with van der Waals surface area (Å²) in [6, 6.07) is 6.09. The van der Waals surface area contributed by atoms with E-state index in [1.807, 2.05) is 12.1 Å². The maximum absolute atomic E-state index is 5.85. The summed E-state index contributed by atoms with van der Waals surface area (Å²) in [6.45, 7) is 0.536. The van der Waals surface area contributed by atoms with Crippen molar-refractivity contribution >= 4 is 0 Å². The summed E-state index contributed by atoms with van der Waals surface area (Å²) in [5, 5.41) is 0. The van der Waals surface area contributed by atoms with Crippen LogP contribution in [0.1, 0.15) is 5.56 Å². The monoisotopic (exact) mass is 227 g/mol. The molecule has 0 aliphatic carbocycles. The SMILES string of the molecule is NC[C@@H]1Cc2cccc(-c3cnccn3)c2O1. The molecule has 0 fully saturated rings. The number of benzene rings is 1. The minimum atomic E-state index is 0.0859. The zero-order valence-corrected chi connectivity index (χ0v) is 9.34. The van der Waals surface area contributed by atoms with Crippen LogP contribution < -0.4 is 10.5 Å². The van der Waals surface area contributed by atoms with Crippen molar-refractivity contribution in [2.24, 2.45) is 5.73 Å². The van der Waals surface area contributed by atoms with Gasteiger partial charge in [0.15, 0.2) is 0 Å². The highest BCUT2D eigenvalue weighted by Crippen LogP contribution is 2.37. The summed E-state index contributed by atoms with van der Waals surface area (Å²) >= 11 is 0. The molecular formula is C13H13N3O. The van der Waals surface area contributed by atoms with Crippen molar-refractivity contribution in [3.05, 3.63) is 42.4 Å². The van der Waals surface area contributed by atoms with Crippen LogP contribution in [-0.4, -0.2) is 22.6 Å². The smallest absolute Gasteiger partial charge is 0.132 e. The average molecular weight is 227 g/mol. The highest BCUT2D eigenvalue weighted by Gasteiger charge is 2.24. The fourth-order valence-corrected chi connectivity index (χ4v) is 2.11. The van der Waals surface area contributed by atoms with E-state index < -0.39 is 0 Å². The molecule has 1 aliphatic rings. The Balaban J connectivity index is 2.07. The van der Waals surface area contributed by atoms with Crippen LogP contribution in [0.2, 0.25) is 0 Å². The van der Waals surface area contributed by atoms with E-state index in [0.29, 0.717) is 6.54 Å². The molecule has 0 saturated heterocycles. The minimum absolute atomic E-state index is 0.0859. The number of ether oxygens (including phenoxy) is 1. The van der Waals surface area contributed by atoms with Gasteiger partial charge in [0.25, 0.3) is 0 Å². The van der Waals surface area contributed by atoms with E-state index in [1.165, 1.54) is 5.56 Å². The predicted molar refractivity (Wildman–Crippen MR) is 64.6 cm³/mol. The van der Waals surface area contributed by atoms with Crippen molar-refractivity contribution in [1.29, 1.82) is 0 Å². The Bertz CT molecular complexity index is 527. The van der Waals surface area contributed by atoms with Gasteiger partial charge in [-0.3, -0.25) is 9.97 Å². The fourth-order valence-electron chi connectivity index (χ4n) is 2.11. The molecular weight excluding hydrogens is 214 g/mol. The molecule has 17 heavy (non-hydrogen) atoms. The normalized spacial score (nSPS) is 17.6. The molecule has 2 N–H and O–H groups in total. The molecule has 4 heteroatoms. The first-order valence-electron chi connectivity index (χ1n) is 5.63. The van der Waals surface area contributed by atoms with Crippen molar-refractivity contribution in [2.45, 2.75) is 12.5 Å². The molecule has 0 unspecified atom stereocenters. The fraction of sp³-hybridized carbons (Fsp3) is 0.231. The van der Waals surface area contributed by atoms with E-state index in [2.05, 4.69) is 16.0 Å². The van der Waals surface area contributed by atoms with Crippen molar-refractivity contribution in [3.63, 3.8) is 0 Å². The minimum Gasteiger partial charge on any atom is -0.488 e. The number of nitrogens with two attached hydrogens (primary N) is 1. The molecule has 0 amide bonds. The summed E-state index contributed by atoms with van der Waals surface area (Å²) in [5.74, 6) is 0.906. The summed E-state index contributed by atoms with van der Waals surface area (Å²) in [6.07, 6.45) is 6.05. The van der Waals surface area contributed by atoms with Gasteiger partial charge in [0.2, 0.25) is 0 Å².